The molecular weight excluding hydrogens is 396 g/mol. The number of hydrogen-bond acceptors (Lipinski definition) is 6. The van der Waals surface area contributed by atoms with Gasteiger partial charge in [-0.2, -0.15) is 0 Å². The van der Waals surface area contributed by atoms with Crippen molar-refractivity contribution in [3.8, 4) is 5.75 Å². The lowest BCUT2D eigenvalue weighted by atomic mass is 9.79. The molecule has 8 heteroatoms. The number of carbonyl (C=O) groups excluding carboxylic acids is 2. The minimum atomic E-state index is -0.155. The van der Waals surface area contributed by atoms with Crippen LogP contribution >= 0.6 is 0 Å². The number of hydrogen-bond donors (Lipinski definition) is 2. The first kappa shape index (κ1) is 23.5. The molecule has 1 saturated heterocycles. The molecule has 0 bridgehead atoms. The Morgan fingerprint density at radius 3 is 2.35 bits per heavy atom. The predicted octanol–water partition coefficient (Wildman–Crippen LogP) is 1.72. The van der Waals surface area contributed by atoms with E-state index in [0.29, 0.717) is 12.2 Å². The van der Waals surface area contributed by atoms with Crippen LogP contribution in [0.4, 0.5) is 5.69 Å². The third-order valence-electron chi connectivity index (χ3n) is 6.28. The second-order valence-corrected chi connectivity index (χ2v) is 8.61. The molecule has 0 spiro atoms. The van der Waals surface area contributed by atoms with Gasteiger partial charge in [0.15, 0.2) is 0 Å². The molecule has 1 heterocycles. The van der Waals surface area contributed by atoms with Crippen molar-refractivity contribution in [2.24, 2.45) is 0 Å². The van der Waals surface area contributed by atoms with Gasteiger partial charge in [0.2, 0.25) is 11.8 Å². The van der Waals surface area contributed by atoms with E-state index in [9.17, 15) is 9.59 Å². The fourth-order valence-electron chi connectivity index (χ4n) is 4.59. The summed E-state index contributed by atoms with van der Waals surface area (Å²) in [7, 11) is 3.39. The molecule has 2 N–H and O–H groups in total. The SMILES string of the molecule is COc1ccc(NC(=O)CN(C)CC(=O)NCC2(N3CCOCC3)CCCCC2)cc1. The molecular formula is C23H36N4O4. The van der Waals surface area contributed by atoms with Crippen molar-refractivity contribution in [2.45, 2.75) is 37.6 Å². The topological polar surface area (TPSA) is 83.1 Å². The molecule has 2 aliphatic rings. The molecule has 2 amide bonds. The van der Waals surface area contributed by atoms with Gasteiger partial charge in [0.1, 0.15) is 5.75 Å². The molecule has 0 unspecified atom stereocenters. The number of nitrogens with one attached hydrogen (secondary N) is 2. The zero-order chi connectivity index (χ0) is 22.1. The summed E-state index contributed by atoms with van der Waals surface area (Å²) in [5.74, 6) is 0.537. The number of morpholine rings is 1. The average molecular weight is 433 g/mol. The van der Waals surface area contributed by atoms with Gasteiger partial charge >= 0.3 is 0 Å². The molecule has 172 valence electrons. The van der Waals surface area contributed by atoms with Crippen LogP contribution in [0.15, 0.2) is 24.3 Å². The highest BCUT2D eigenvalue weighted by molar-refractivity contribution is 5.92. The number of anilines is 1. The fraction of sp³-hybridized carbons (Fsp3) is 0.652. The van der Waals surface area contributed by atoms with Crippen LogP contribution in [-0.2, 0) is 14.3 Å². The Hall–Kier alpha value is -2.16. The van der Waals surface area contributed by atoms with Gasteiger partial charge in [-0.15, -0.1) is 0 Å². The largest absolute Gasteiger partial charge is 0.497 e. The molecule has 1 aliphatic heterocycles. The Balaban J connectivity index is 1.44. The third kappa shape index (κ3) is 6.92. The fourth-order valence-corrected chi connectivity index (χ4v) is 4.59. The van der Waals surface area contributed by atoms with Crippen LogP contribution in [0.5, 0.6) is 5.75 Å². The summed E-state index contributed by atoms with van der Waals surface area (Å²) in [6, 6.07) is 7.17. The minimum Gasteiger partial charge on any atom is -0.497 e. The van der Waals surface area contributed by atoms with Crippen LogP contribution in [-0.4, -0.2) is 87.2 Å². The Labute approximate surface area is 185 Å². The Morgan fingerprint density at radius 2 is 1.71 bits per heavy atom. The minimum absolute atomic E-state index is 0.0436. The summed E-state index contributed by atoms with van der Waals surface area (Å²) < 4.78 is 10.6. The van der Waals surface area contributed by atoms with Crippen molar-refractivity contribution < 1.29 is 19.1 Å². The van der Waals surface area contributed by atoms with Crippen molar-refractivity contribution in [1.29, 1.82) is 0 Å². The van der Waals surface area contributed by atoms with E-state index < -0.39 is 0 Å². The quantitative estimate of drug-likeness (QED) is 0.618. The molecule has 0 radical (unpaired) electrons. The van der Waals surface area contributed by atoms with Gasteiger partial charge in [-0.3, -0.25) is 19.4 Å². The summed E-state index contributed by atoms with van der Waals surface area (Å²) in [4.78, 5) is 29.1. The van der Waals surface area contributed by atoms with Crippen LogP contribution in [0.1, 0.15) is 32.1 Å². The van der Waals surface area contributed by atoms with Gasteiger partial charge in [-0.05, 0) is 44.2 Å². The molecule has 1 saturated carbocycles. The van der Waals surface area contributed by atoms with E-state index in [1.807, 2.05) is 0 Å². The Bertz CT molecular complexity index is 713. The standard InChI is InChI=1S/C23H36N4O4/c1-26(17-22(29)25-19-6-8-20(30-2)9-7-19)16-21(28)24-18-23(10-4-3-5-11-23)27-12-14-31-15-13-27/h6-9H,3-5,10-18H2,1-2H3,(H,24,28)(H,25,29). The monoisotopic (exact) mass is 432 g/mol. The maximum absolute atomic E-state index is 12.6. The highest BCUT2D eigenvalue weighted by Crippen LogP contribution is 2.33. The van der Waals surface area contributed by atoms with Crippen molar-refractivity contribution >= 4 is 17.5 Å². The number of ether oxygens (including phenoxy) is 2. The molecule has 1 aromatic rings. The number of carbonyl (C=O) groups is 2. The van der Waals surface area contributed by atoms with Crippen LogP contribution in [0.25, 0.3) is 0 Å². The van der Waals surface area contributed by atoms with Gasteiger partial charge in [0, 0.05) is 30.9 Å². The third-order valence-corrected chi connectivity index (χ3v) is 6.28. The van der Waals surface area contributed by atoms with E-state index in [2.05, 4.69) is 15.5 Å². The highest BCUT2D eigenvalue weighted by Gasteiger charge is 2.38. The molecule has 0 aromatic heterocycles. The van der Waals surface area contributed by atoms with Crippen LogP contribution in [0.2, 0.25) is 0 Å². The van der Waals surface area contributed by atoms with Gasteiger partial charge in [0.25, 0.3) is 0 Å². The zero-order valence-corrected chi connectivity index (χ0v) is 18.8. The first-order valence-electron chi connectivity index (χ1n) is 11.2. The second kappa shape index (κ2) is 11.5. The van der Waals surface area contributed by atoms with E-state index in [0.717, 1.165) is 44.9 Å². The Morgan fingerprint density at radius 1 is 1.06 bits per heavy atom. The normalized spacial score (nSPS) is 19.1. The first-order valence-corrected chi connectivity index (χ1v) is 11.2. The van der Waals surface area contributed by atoms with E-state index >= 15 is 0 Å². The zero-order valence-electron chi connectivity index (χ0n) is 18.8. The Kier molecular flexibility index (Phi) is 8.69. The van der Waals surface area contributed by atoms with E-state index in [1.54, 1.807) is 43.3 Å². The summed E-state index contributed by atoms with van der Waals surface area (Å²) >= 11 is 0. The second-order valence-electron chi connectivity index (χ2n) is 8.61. The van der Waals surface area contributed by atoms with Crippen molar-refractivity contribution in [1.82, 2.24) is 15.1 Å². The molecule has 2 fully saturated rings. The van der Waals surface area contributed by atoms with E-state index in [-0.39, 0.29) is 30.4 Å². The molecule has 31 heavy (non-hydrogen) atoms. The molecule has 1 aliphatic carbocycles. The van der Waals surface area contributed by atoms with Gasteiger partial charge in [-0.25, -0.2) is 0 Å². The first-order chi connectivity index (χ1) is 15.0. The van der Waals surface area contributed by atoms with Gasteiger partial charge < -0.3 is 20.1 Å². The average Bonchev–Trinajstić information content (AvgIpc) is 2.79. The van der Waals surface area contributed by atoms with E-state index in [4.69, 9.17) is 9.47 Å². The van der Waals surface area contributed by atoms with Crippen molar-refractivity contribution in [2.75, 3.05) is 65.4 Å². The lowest BCUT2D eigenvalue weighted by Crippen LogP contribution is -2.60. The summed E-state index contributed by atoms with van der Waals surface area (Å²) in [5.41, 5.74) is 0.746. The molecule has 1 aromatic carbocycles. The van der Waals surface area contributed by atoms with Gasteiger partial charge in [-0.1, -0.05) is 19.3 Å². The van der Waals surface area contributed by atoms with Crippen LogP contribution in [0, 0.1) is 0 Å². The number of methoxy groups -OCH3 is 1. The van der Waals surface area contributed by atoms with Crippen molar-refractivity contribution in [3.05, 3.63) is 24.3 Å². The van der Waals surface area contributed by atoms with Crippen LogP contribution < -0.4 is 15.4 Å². The summed E-state index contributed by atoms with van der Waals surface area (Å²) in [6.07, 6.45) is 5.92. The highest BCUT2D eigenvalue weighted by atomic mass is 16.5. The number of amides is 2. The maximum Gasteiger partial charge on any atom is 0.238 e. The lowest BCUT2D eigenvalue weighted by Gasteiger charge is -2.48. The molecule has 0 atom stereocenters. The smallest absolute Gasteiger partial charge is 0.238 e. The predicted molar refractivity (Wildman–Crippen MR) is 120 cm³/mol. The molecule has 3 rings (SSSR count). The maximum atomic E-state index is 12.6. The number of likely N-dealkylation sites (N-methyl/N-ethyl adjacent to an activating group) is 1. The van der Waals surface area contributed by atoms with Gasteiger partial charge in [0.05, 0.1) is 33.4 Å². The van der Waals surface area contributed by atoms with Crippen molar-refractivity contribution in [3.63, 3.8) is 0 Å². The van der Waals surface area contributed by atoms with E-state index in [1.165, 1.54) is 19.3 Å². The number of rotatable bonds is 9. The number of nitrogens with zero attached hydrogens (tertiary/aromatic N) is 2. The summed E-state index contributed by atoms with van der Waals surface area (Å²) in [6.45, 7) is 4.40. The number of benzene rings is 1. The van der Waals surface area contributed by atoms with Crippen LogP contribution in [0.3, 0.4) is 0 Å². The summed E-state index contributed by atoms with van der Waals surface area (Å²) in [5, 5.41) is 5.99. The lowest BCUT2D eigenvalue weighted by molar-refractivity contribution is -0.124. The molecule has 8 nitrogen and oxygen atoms in total.